The van der Waals surface area contributed by atoms with Gasteiger partial charge in [-0.15, -0.1) is 23.1 Å². The first-order valence-electron chi connectivity index (χ1n) is 12.5. The van der Waals surface area contributed by atoms with Crippen molar-refractivity contribution in [2.45, 2.75) is 29.6 Å². The number of thioether (sulfide) groups is 2. The number of carboxylic acid groups (broad SMARTS) is 2. The molecule has 3 aromatic heterocycles. The van der Waals surface area contributed by atoms with Crippen LogP contribution in [0.15, 0.2) is 34.2 Å². The lowest BCUT2D eigenvalue weighted by atomic mass is 9.89. The summed E-state index contributed by atoms with van der Waals surface area (Å²) in [6.07, 6.45) is 2.43. The molecule has 2 aliphatic rings. The van der Waals surface area contributed by atoms with Crippen molar-refractivity contribution < 1.29 is 38.8 Å². The lowest BCUT2D eigenvalue weighted by Crippen LogP contribution is -2.75. The molecule has 2 amide bonds. The molecule has 4 atom stereocenters. The van der Waals surface area contributed by atoms with Gasteiger partial charge in [-0.05, 0) is 6.92 Å². The molecule has 0 spiro atoms. The quantitative estimate of drug-likeness (QED) is 0.0770. The predicted molar refractivity (Wildman–Crippen MR) is 151 cm³/mol. The molecule has 2 saturated heterocycles. The highest BCUT2D eigenvalue weighted by Crippen LogP contribution is 2.44. The molecule has 2 fully saturated rings. The van der Waals surface area contributed by atoms with Crippen LogP contribution in [-0.4, -0.2) is 89.6 Å². The summed E-state index contributed by atoms with van der Waals surface area (Å²) >= 11 is 3.54. The van der Waals surface area contributed by atoms with Crippen LogP contribution in [0.5, 0.6) is 0 Å². The van der Waals surface area contributed by atoms with E-state index in [4.69, 9.17) is 15.7 Å². The third-order valence-electron chi connectivity index (χ3n) is 6.89. The lowest BCUT2D eigenvalue weighted by molar-refractivity contribution is -0.670. The molecule has 222 valence electrons. The Balaban J connectivity index is 1.28. The highest BCUT2D eigenvalue weighted by atomic mass is 32.2. The summed E-state index contributed by atoms with van der Waals surface area (Å²) in [5.41, 5.74) is 5.71. The van der Waals surface area contributed by atoms with E-state index in [0.29, 0.717) is 5.16 Å². The van der Waals surface area contributed by atoms with Crippen LogP contribution in [-0.2, 0) is 38.1 Å². The van der Waals surface area contributed by atoms with Gasteiger partial charge in [0.05, 0.1) is 11.5 Å². The fourth-order valence-corrected chi connectivity index (χ4v) is 7.83. The fraction of sp³-hybridized carbons (Fsp3) is 0.417. The van der Waals surface area contributed by atoms with Crippen LogP contribution in [0.4, 0.5) is 5.13 Å². The van der Waals surface area contributed by atoms with Crippen LogP contribution >= 0.6 is 34.9 Å². The van der Waals surface area contributed by atoms with Crippen LogP contribution in [0.25, 0.3) is 11.0 Å². The summed E-state index contributed by atoms with van der Waals surface area (Å²) in [5, 5.41) is 29.5. The normalized spacial score (nSPS) is 22.8. The highest BCUT2D eigenvalue weighted by Gasteiger charge is 2.55. The average molecular weight is 635 g/mol. The van der Waals surface area contributed by atoms with Crippen molar-refractivity contribution in [3.8, 4) is 0 Å². The molecule has 3 aromatic rings. The minimum atomic E-state index is -1.35. The zero-order valence-electron chi connectivity index (χ0n) is 22.5. The van der Waals surface area contributed by atoms with Crippen molar-refractivity contribution in [2.75, 3.05) is 23.8 Å². The summed E-state index contributed by atoms with van der Waals surface area (Å²) < 4.78 is 3.76. The molecule has 0 aromatic carbocycles. The number of nitrogens with two attached hydrogens (primary N) is 1. The number of pyridine rings is 1. The number of oxime groups is 1. The number of amides is 2. The van der Waals surface area contributed by atoms with Crippen LogP contribution in [0.2, 0.25) is 0 Å². The van der Waals surface area contributed by atoms with Gasteiger partial charge in [-0.2, -0.15) is 0 Å². The number of nitrogens with zero attached hydrogens (tertiary/aromatic N) is 6. The maximum Gasteiger partial charge on any atom is 0.347 e. The number of hydrogen-bond donors (Lipinski definition) is 3. The Morgan fingerprint density at radius 2 is 2.19 bits per heavy atom. The number of carbonyl (C=O) groups is 4. The maximum absolute atomic E-state index is 13.1. The fourth-order valence-electron chi connectivity index (χ4n) is 4.44. The number of carboxylic acids is 2. The van der Waals surface area contributed by atoms with Gasteiger partial charge in [0.25, 0.3) is 5.91 Å². The number of β-lactam (4-membered cyclic amide) rings is 1. The number of nitrogen functional groups attached to an aromatic ring is 1. The number of aromatic nitrogens is 4. The molecule has 15 nitrogen and oxygen atoms in total. The SMILES string of the molecule is C[C@H](ON=C(C(=O)NC1C(=O)N2CC(CSc3nc4c[n+](C)ccc4n3C)(C(=O)[O-])CS[C@H]12)c1csc(N)n1)C(=O)O. The smallest absolute Gasteiger partial charge is 0.347 e. The topological polar surface area (TPSA) is 209 Å². The second kappa shape index (κ2) is 11.4. The molecule has 42 heavy (non-hydrogen) atoms. The van der Waals surface area contributed by atoms with Gasteiger partial charge < -0.3 is 40.4 Å². The molecule has 0 saturated carbocycles. The largest absolute Gasteiger partial charge is 0.549 e. The molecular formula is C24H26N8O7S3. The van der Waals surface area contributed by atoms with Crippen molar-refractivity contribution in [2.24, 2.45) is 24.7 Å². The zero-order valence-corrected chi connectivity index (χ0v) is 25.0. The van der Waals surface area contributed by atoms with Crippen LogP contribution in [0.3, 0.4) is 0 Å². The van der Waals surface area contributed by atoms with E-state index in [0.717, 1.165) is 22.4 Å². The first-order valence-corrected chi connectivity index (χ1v) is 15.4. The van der Waals surface area contributed by atoms with E-state index in [9.17, 15) is 24.3 Å². The van der Waals surface area contributed by atoms with Gasteiger partial charge >= 0.3 is 5.97 Å². The second-order valence-corrected chi connectivity index (χ2v) is 12.8. The van der Waals surface area contributed by atoms with Gasteiger partial charge in [-0.25, -0.2) is 19.3 Å². The van der Waals surface area contributed by atoms with Gasteiger partial charge in [-0.3, -0.25) is 9.59 Å². The van der Waals surface area contributed by atoms with E-state index in [2.05, 4.69) is 20.4 Å². The summed E-state index contributed by atoms with van der Waals surface area (Å²) in [6.45, 7) is 1.15. The average Bonchev–Trinajstić information content (AvgIpc) is 3.52. The lowest BCUT2D eigenvalue weighted by Gasteiger charge is -2.55. The van der Waals surface area contributed by atoms with E-state index in [1.54, 1.807) is 0 Å². The Morgan fingerprint density at radius 1 is 1.43 bits per heavy atom. The summed E-state index contributed by atoms with van der Waals surface area (Å²) in [7, 11) is 3.74. The Labute approximate surface area is 251 Å². The maximum atomic E-state index is 13.1. The molecule has 18 heteroatoms. The van der Waals surface area contributed by atoms with Crippen LogP contribution in [0.1, 0.15) is 12.6 Å². The number of aryl methyl sites for hydroxylation is 2. The van der Waals surface area contributed by atoms with Crippen LogP contribution in [0, 0.1) is 5.41 Å². The third-order valence-corrected chi connectivity index (χ3v) is 10.5. The van der Waals surface area contributed by atoms with E-state index in [1.165, 1.54) is 40.7 Å². The van der Waals surface area contributed by atoms with Crippen molar-refractivity contribution in [1.82, 2.24) is 24.8 Å². The minimum Gasteiger partial charge on any atom is -0.549 e. The van der Waals surface area contributed by atoms with Gasteiger partial charge in [-0.1, -0.05) is 16.9 Å². The number of anilines is 1. The van der Waals surface area contributed by atoms with Gasteiger partial charge in [0, 0.05) is 42.0 Å². The zero-order chi connectivity index (χ0) is 30.3. The first kappa shape index (κ1) is 29.6. The molecular weight excluding hydrogens is 609 g/mol. The number of aliphatic carboxylic acids is 2. The summed E-state index contributed by atoms with van der Waals surface area (Å²) in [5.74, 6) is -3.58. The van der Waals surface area contributed by atoms with Crippen molar-refractivity contribution in [1.29, 1.82) is 0 Å². The number of hydrogen-bond acceptors (Lipinski definition) is 13. The van der Waals surface area contributed by atoms with Crippen molar-refractivity contribution in [3.63, 3.8) is 0 Å². The number of nitrogens with one attached hydrogen (secondary N) is 1. The number of fused-ring (bicyclic) bond motifs is 2. The molecule has 0 aliphatic carbocycles. The van der Waals surface area contributed by atoms with Gasteiger partial charge in [0.15, 0.2) is 33.9 Å². The number of carbonyl (C=O) groups excluding carboxylic acids is 3. The Bertz CT molecular complexity index is 1620. The van der Waals surface area contributed by atoms with Gasteiger partial charge in [0.1, 0.15) is 24.2 Å². The molecule has 5 heterocycles. The number of rotatable bonds is 10. The third kappa shape index (κ3) is 5.48. The van der Waals surface area contributed by atoms with Crippen LogP contribution < -0.4 is 20.7 Å². The Morgan fingerprint density at radius 3 is 2.86 bits per heavy atom. The van der Waals surface area contributed by atoms with E-state index in [1.807, 2.05) is 41.7 Å². The molecule has 4 N–H and O–H groups in total. The van der Waals surface area contributed by atoms with E-state index < -0.39 is 46.7 Å². The molecule has 0 bridgehead atoms. The second-order valence-electron chi connectivity index (χ2n) is 9.91. The van der Waals surface area contributed by atoms with Crippen molar-refractivity contribution in [3.05, 3.63) is 29.5 Å². The van der Waals surface area contributed by atoms with Gasteiger partial charge in [0.2, 0.25) is 12.0 Å². The highest BCUT2D eigenvalue weighted by molar-refractivity contribution is 8.00. The van der Waals surface area contributed by atoms with E-state index >= 15 is 0 Å². The van der Waals surface area contributed by atoms with Crippen molar-refractivity contribution >= 4 is 80.5 Å². The summed E-state index contributed by atoms with van der Waals surface area (Å²) in [6, 6.07) is 0.960. The minimum absolute atomic E-state index is 0.0520. The molecule has 5 rings (SSSR count). The Kier molecular flexibility index (Phi) is 8.04. The Hall–Kier alpha value is -3.90. The first-order chi connectivity index (χ1) is 19.9. The monoisotopic (exact) mass is 634 g/mol. The summed E-state index contributed by atoms with van der Waals surface area (Å²) in [4.78, 5) is 64.7. The molecule has 0 radical (unpaired) electrons. The van der Waals surface area contributed by atoms with E-state index in [-0.39, 0.29) is 34.6 Å². The number of imidazole rings is 1. The standard InChI is InChI=1S/C24H26N8O7S3/c1-11(20(35)36)39-29-15(13-7-40-22(25)26-13)17(33)28-16-18(34)32-8-24(21(37)38,9-41-19(16)32)10-42-23-27-12-6-30(2)5-4-14(12)31(23)3/h4-7,11,16,19H,8-10H2,1-3H3,(H4-,25,26,28,33,35,36,37,38)/t11-,16?,19+,24?/m0/s1. The molecule has 2 aliphatic heterocycles. The predicted octanol–water partition coefficient (Wildman–Crippen LogP) is -1.44. The molecule has 2 unspecified atom stereocenters. The number of thiazole rings is 1.